The molecule has 1 aliphatic heterocycles. The molecule has 0 aliphatic carbocycles. The molecule has 1 N–H and O–H groups in total. The van der Waals surface area contributed by atoms with Crippen LogP contribution in [0.3, 0.4) is 0 Å². The van der Waals surface area contributed by atoms with Crippen LogP contribution in [0.5, 0.6) is 0 Å². The summed E-state index contributed by atoms with van der Waals surface area (Å²) in [6.45, 7) is 6.00. The molecule has 0 bridgehead atoms. The van der Waals surface area contributed by atoms with Crippen LogP contribution in [0.4, 0.5) is 4.79 Å². The van der Waals surface area contributed by atoms with Crippen LogP contribution in [0, 0.1) is 0 Å². The number of sulfone groups is 1. The molecule has 2 aromatic rings. The number of carbonyl (C=O) groups excluding carboxylic acids is 1. The molecular weight excluding hydrogens is 488 g/mol. The number of nitrogens with one attached hydrogen (secondary N) is 1. The van der Waals surface area contributed by atoms with E-state index in [1.165, 1.54) is 29.2 Å². The third kappa shape index (κ3) is 6.26. The molecule has 0 unspecified atom stereocenters. The lowest BCUT2D eigenvalue weighted by Crippen LogP contribution is -2.47. The molecular formula is C22H27ClN2O6S2. The van der Waals surface area contributed by atoms with Crippen LogP contribution in [0.25, 0.3) is 0 Å². The van der Waals surface area contributed by atoms with E-state index in [9.17, 15) is 21.6 Å². The Morgan fingerprint density at radius 1 is 1.00 bits per heavy atom. The number of hydrogen-bond acceptors (Lipinski definition) is 6. The number of benzene rings is 2. The molecule has 0 atom stereocenters. The maximum absolute atomic E-state index is 13.0. The van der Waals surface area contributed by atoms with Crippen LogP contribution in [0.2, 0.25) is 5.02 Å². The molecule has 0 radical (unpaired) electrons. The van der Waals surface area contributed by atoms with Crippen LogP contribution >= 0.6 is 11.6 Å². The van der Waals surface area contributed by atoms with Gasteiger partial charge in [0.25, 0.3) is 0 Å². The summed E-state index contributed by atoms with van der Waals surface area (Å²) in [6.07, 6.45) is 0.335. The third-order valence-corrected chi connectivity index (χ3v) is 8.79. The number of rotatable bonds is 5. The smallest absolute Gasteiger partial charge is 0.410 e. The highest BCUT2D eigenvalue weighted by Gasteiger charge is 2.31. The van der Waals surface area contributed by atoms with Crippen molar-refractivity contribution in [2.45, 2.75) is 59.9 Å². The van der Waals surface area contributed by atoms with Gasteiger partial charge in [-0.25, -0.2) is 26.4 Å². The highest BCUT2D eigenvalue weighted by atomic mass is 35.5. The molecule has 2 aromatic carbocycles. The Kier molecular flexibility index (Phi) is 7.42. The Labute approximate surface area is 199 Å². The van der Waals surface area contributed by atoms with Crippen molar-refractivity contribution in [3.8, 4) is 0 Å². The van der Waals surface area contributed by atoms with Gasteiger partial charge in [0.05, 0.1) is 14.8 Å². The second-order valence-electron chi connectivity index (χ2n) is 8.77. The van der Waals surface area contributed by atoms with Gasteiger partial charge in [-0.2, -0.15) is 0 Å². The predicted octanol–water partition coefficient (Wildman–Crippen LogP) is 3.85. The molecule has 0 saturated carbocycles. The summed E-state index contributed by atoms with van der Waals surface area (Å²) in [6, 6.07) is 10.9. The van der Waals surface area contributed by atoms with Crippen molar-refractivity contribution in [3.05, 3.63) is 53.6 Å². The van der Waals surface area contributed by atoms with E-state index in [-0.39, 0.29) is 19.7 Å². The summed E-state index contributed by atoms with van der Waals surface area (Å²) in [5.41, 5.74) is -0.614. The number of sulfonamides is 1. The van der Waals surface area contributed by atoms with Gasteiger partial charge in [-0.15, -0.1) is 0 Å². The summed E-state index contributed by atoms with van der Waals surface area (Å²) in [7, 11) is -8.02. The van der Waals surface area contributed by atoms with Gasteiger partial charge in [-0.1, -0.05) is 29.8 Å². The van der Waals surface area contributed by atoms with E-state index >= 15 is 0 Å². The van der Waals surface area contributed by atoms with Crippen molar-refractivity contribution in [1.29, 1.82) is 0 Å². The predicted molar refractivity (Wildman–Crippen MR) is 124 cm³/mol. The fraction of sp³-hybridized carbons (Fsp3) is 0.409. The first-order valence-electron chi connectivity index (χ1n) is 10.4. The van der Waals surface area contributed by atoms with E-state index < -0.39 is 37.6 Å². The van der Waals surface area contributed by atoms with Gasteiger partial charge in [0.2, 0.25) is 19.9 Å². The summed E-state index contributed by atoms with van der Waals surface area (Å²) >= 11 is 6.14. The minimum Gasteiger partial charge on any atom is -0.444 e. The fourth-order valence-electron chi connectivity index (χ4n) is 3.38. The highest BCUT2D eigenvalue weighted by Crippen LogP contribution is 2.29. The Morgan fingerprint density at radius 3 is 2.18 bits per heavy atom. The number of piperidine rings is 1. The molecule has 3 rings (SSSR count). The van der Waals surface area contributed by atoms with Gasteiger partial charge < -0.3 is 9.64 Å². The number of carbonyl (C=O) groups is 1. The Bertz CT molecular complexity index is 1220. The molecule has 1 aliphatic rings. The number of likely N-dealkylation sites (tertiary alicyclic amines) is 1. The molecule has 1 amide bonds. The minimum absolute atomic E-state index is 0.0538. The summed E-state index contributed by atoms with van der Waals surface area (Å²) < 4.78 is 59.8. The number of nitrogens with zero attached hydrogens (tertiary/aromatic N) is 1. The van der Waals surface area contributed by atoms with Crippen LogP contribution in [0.1, 0.15) is 33.6 Å². The van der Waals surface area contributed by atoms with E-state index in [1.54, 1.807) is 39.0 Å². The Balaban J connectivity index is 1.75. The topological polar surface area (TPSA) is 110 Å². The lowest BCUT2D eigenvalue weighted by molar-refractivity contribution is 0.0203. The molecule has 33 heavy (non-hydrogen) atoms. The monoisotopic (exact) mass is 514 g/mol. The zero-order chi connectivity index (χ0) is 24.4. The van der Waals surface area contributed by atoms with Crippen LogP contribution in [-0.2, 0) is 24.6 Å². The average Bonchev–Trinajstić information content (AvgIpc) is 2.73. The molecule has 1 saturated heterocycles. The van der Waals surface area contributed by atoms with Crippen molar-refractivity contribution < 1.29 is 26.4 Å². The lowest BCUT2D eigenvalue weighted by atomic mass is 10.1. The van der Waals surface area contributed by atoms with Gasteiger partial charge >= 0.3 is 6.09 Å². The zero-order valence-electron chi connectivity index (χ0n) is 18.6. The van der Waals surface area contributed by atoms with E-state index in [0.717, 1.165) is 6.07 Å². The molecule has 0 spiro atoms. The van der Waals surface area contributed by atoms with Crippen LogP contribution in [-0.4, -0.2) is 52.6 Å². The standard InChI is InChI=1S/C22H27ClN2O6S2/c1-22(2,3)31-21(26)25-13-11-16(12-14-25)24-33(29,30)20-15-18(9-10-19(20)23)32(27,28)17-7-5-4-6-8-17/h4-10,15-16,24H,11-14H2,1-3H3. The maximum atomic E-state index is 13.0. The molecule has 1 heterocycles. The van der Waals surface area contributed by atoms with Crippen molar-refractivity contribution in [2.75, 3.05) is 13.1 Å². The van der Waals surface area contributed by atoms with E-state index in [4.69, 9.17) is 16.3 Å². The first-order valence-corrected chi connectivity index (χ1v) is 13.7. The van der Waals surface area contributed by atoms with Gasteiger partial charge in [-0.05, 0) is 63.9 Å². The Hall–Kier alpha value is -2.14. The second kappa shape index (κ2) is 9.61. The van der Waals surface area contributed by atoms with Crippen molar-refractivity contribution in [1.82, 2.24) is 9.62 Å². The molecule has 11 heteroatoms. The third-order valence-electron chi connectivity index (χ3n) is 5.02. The van der Waals surface area contributed by atoms with Crippen LogP contribution < -0.4 is 4.72 Å². The summed E-state index contributed by atoms with van der Waals surface area (Å²) in [5.74, 6) is 0. The van der Waals surface area contributed by atoms with Gasteiger partial charge in [0.1, 0.15) is 10.5 Å². The zero-order valence-corrected chi connectivity index (χ0v) is 21.0. The first-order chi connectivity index (χ1) is 15.3. The summed E-state index contributed by atoms with van der Waals surface area (Å²) in [4.78, 5) is 13.3. The number of amides is 1. The average molecular weight is 515 g/mol. The molecule has 0 aromatic heterocycles. The SMILES string of the molecule is CC(C)(C)OC(=O)N1CCC(NS(=O)(=O)c2cc(S(=O)(=O)c3ccccc3)ccc2Cl)CC1. The lowest BCUT2D eigenvalue weighted by Gasteiger charge is -2.33. The summed E-state index contributed by atoms with van der Waals surface area (Å²) in [5, 5.41) is -0.0827. The van der Waals surface area contributed by atoms with Gasteiger partial charge in [0, 0.05) is 19.1 Å². The van der Waals surface area contributed by atoms with Gasteiger partial charge in [-0.3, -0.25) is 0 Å². The largest absolute Gasteiger partial charge is 0.444 e. The highest BCUT2D eigenvalue weighted by molar-refractivity contribution is 7.91. The van der Waals surface area contributed by atoms with E-state index in [1.807, 2.05) is 0 Å². The van der Waals surface area contributed by atoms with Crippen molar-refractivity contribution >= 4 is 37.6 Å². The number of ether oxygens (including phenoxy) is 1. The molecule has 180 valence electrons. The maximum Gasteiger partial charge on any atom is 0.410 e. The van der Waals surface area contributed by atoms with Gasteiger partial charge in [0.15, 0.2) is 0 Å². The van der Waals surface area contributed by atoms with E-state index in [0.29, 0.717) is 25.9 Å². The fourth-order valence-corrected chi connectivity index (χ4v) is 6.59. The van der Waals surface area contributed by atoms with E-state index in [2.05, 4.69) is 4.72 Å². The normalized spacial score (nSPS) is 15.9. The number of hydrogen-bond donors (Lipinski definition) is 1. The molecule has 8 nitrogen and oxygen atoms in total. The Morgan fingerprint density at radius 2 is 1.61 bits per heavy atom. The molecule has 1 fully saturated rings. The second-order valence-corrected chi connectivity index (χ2v) is 12.8. The first kappa shape index (κ1) is 25.5. The van der Waals surface area contributed by atoms with Crippen LogP contribution in [0.15, 0.2) is 63.2 Å². The quantitative estimate of drug-likeness (QED) is 0.649. The van der Waals surface area contributed by atoms with Crippen molar-refractivity contribution in [2.24, 2.45) is 0 Å². The van der Waals surface area contributed by atoms with Crippen molar-refractivity contribution in [3.63, 3.8) is 0 Å². The minimum atomic E-state index is -4.10. The number of halogens is 1.